The van der Waals surface area contributed by atoms with Crippen LogP contribution in [-0.2, 0) is 11.3 Å². The summed E-state index contributed by atoms with van der Waals surface area (Å²) in [5, 5.41) is 9.51. The number of nitrogens with zero attached hydrogens (tertiary/aromatic N) is 3. The molecule has 0 atom stereocenters. The third-order valence-corrected chi connectivity index (χ3v) is 4.27. The summed E-state index contributed by atoms with van der Waals surface area (Å²) in [5.74, 6) is -0.305. The predicted molar refractivity (Wildman–Crippen MR) is 95.8 cm³/mol. The second kappa shape index (κ2) is 8.98. The molecule has 0 aliphatic heterocycles. The first-order valence-electron chi connectivity index (χ1n) is 8.89. The summed E-state index contributed by atoms with van der Waals surface area (Å²) in [7, 11) is 0. The highest BCUT2D eigenvalue weighted by Gasteiger charge is 2.20. The number of ether oxygens (including phenoxy) is 1. The zero-order chi connectivity index (χ0) is 18.2. The zero-order valence-corrected chi connectivity index (χ0v) is 14.6. The van der Waals surface area contributed by atoms with Gasteiger partial charge < -0.3 is 15.4 Å². The molecule has 1 heterocycles. The van der Waals surface area contributed by atoms with E-state index in [0.717, 1.165) is 32.1 Å². The average molecular weight is 357 g/mol. The van der Waals surface area contributed by atoms with Crippen LogP contribution in [0.4, 0.5) is 10.5 Å². The average Bonchev–Trinajstić information content (AvgIpc) is 3.33. The fraction of sp³-hybridized carbons (Fsp3) is 0.444. The van der Waals surface area contributed by atoms with Crippen molar-refractivity contribution in [3.8, 4) is 0 Å². The second-order valence-corrected chi connectivity index (χ2v) is 6.28. The molecule has 1 aromatic heterocycles. The van der Waals surface area contributed by atoms with Crippen molar-refractivity contribution in [3.05, 3.63) is 42.5 Å². The molecule has 1 saturated carbocycles. The maximum atomic E-state index is 12.1. The van der Waals surface area contributed by atoms with Gasteiger partial charge in [-0.15, -0.1) is 0 Å². The van der Waals surface area contributed by atoms with E-state index >= 15 is 0 Å². The van der Waals surface area contributed by atoms with E-state index < -0.39 is 0 Å². The highest BCUT2D eigenvalue weighted by atomic mass is 16.5. The Morgan fingerprint density at radius 3 is 2.65 bits per heavy atom. The van der Waals surface area contributed by atoms with Crippen molar-refractivity contribution in [2.75, 3.05) is 11.9 Å². The smallest absolute Gasteiger partial charge is 0.338 e. The summed E-state index contributed by atoms with van der Waals surface area (Å²) in [6.45, 7) is 1.22. The molecule has 8 heteroatoms. The van der Waals surface area contributed by atoms with E-state index in [-0.39, 0.29) is 18.1 Å². The van der Waals surface area contributed by atoms with Crippen LogP contribution in [0.25, 0.3) is 0 Å². The van der Waals surface area contributed by atoms with E-state index in [9.17, 15) is 9.59 Å². The van der Waals surface area contributed by atoms with Gasteiger partial charge in [-0.25, -0.2) is 14.6 Å². The van der Waals surface area contributed by atoms with Crippen LogP contribution in [0.3, 0.4) is 0 Å². The van der Waals surface area contributed by atoms with Gasteiger partial charge in [-0.1, -0.05) is 0 Å². The third kappa shape index (κ3) is 5.30. The molecule has 0 radical (unpaired) electrons. The Labute approximate surface area is 151 Å². The van der Waals surface area contributed by atoms with Crippen molar-refractivity contribution in [2.45, 2.75) is 44.8 Å². The molecule has 0 unspecified atom stereocenters. The number of aryl methyl sites for hydroxylation is 1. The summed E-state index contributed by atoms with van der Waals surface area (Å²) in [5.41, 5.74) is 1.12. The monoisotopic (exact) mass is 357 g/mol. The Kier molecular flexibility index (Phi) is 6.19. The fourth-order valence-electron chi connectivity index (χ4n) is 2.88. The van der Waals surface area contributed by atoms with Crippen LogP contribution in [0, 0.1) is 0 Å². The summed E-state index contributed by atoms with van der Waals surface area (Å²) in [4.78, 5) is 27.8. The van der Waals surface area contributed by atoms with E-state index in [1.165, 1.54) is 6.33 Å². The molecule has 0 saturated heterocycles. The Balaban J connectivity index is 1.38. The molecule has 0 spiro atoms. The van der Waals surface area contributed by atoms with Gasteiger partial charge in [0.15, 0.2) is 0 Å². The van der Waals surface area contributed by atoms with E-state index in [0.29, 0.717) is 24.3 Å². The number of esters is 1. The number of nitrogens with one attached hydrogen (secondary N) is 2. The number of aromatic nitrogens is 3. The number of amides is 2. The van der Waals surface area contributed by atoms with E-state index in [2.05, 4.69) is 20.7 Å². The van der Waals surface area contributed by atoms with Gasteiger partial charge in [0, 0.05) is 18.8 Å². The summed E-state index contributed by atoms with van der Waals surface area (Å²) in [6, 6.07) is 6.43. The molecular formula is C18H23N5O3. The van der Waals surface area contributed by atoms with Gasteiger partial charge in [0.25, 0.3) is 0 Å². The number of carbonyl (C=O) groups excluding carboxylic acids is 2. The number of carbonyl (C=O) groups is 2. The lowest BCUT2D eigenvalue weighted by Crippen LogP contribution is -2.30. The second-order valence-electron chi connectivity index (χ2n) is 6.28. The number of hydrogen-bond donors (Lipinski definition) is 2. The Morgan fingerprint density at radius 2 is 1.96 bits per heavy atom. The van der Waals surface area contributed by atoms with Gasteiger partial charge >= 0.3 is 12.0 Å². The van der Waals surface area contributed by atoms with Crippen LogP contribution in [0.2, 0.25) is 0 Å². The maximum Gasteiger partial charge on any atom is 0.338 e. The van der Waals surface area contributed by atoms with Crippen LogP contribution >= 0.6 is 0 Å². The topological polar surface area (TPSA) is 98.1 Å². The molecule has 1 aromatic carbocycles. The number of anilines is 1. The molecule has 2 N–H and O–H groups in total. The van der Waals surface area contributed by atoms with Gasteiger partial charge in [-0.3, -0.25) is 4.68 Å². The number of hydrogen-bond acceptors (Lipinski definition) is 5. The van der Waals surface area contributed by atoms with Crippen molar-refractivity contribution in [1.82, 2.24) is 20.1 Å². The third-order valence-electron chi connectivity index (χ3n) is 4.27. The summed E-state index contributed by atoms with van der Waals surface area (Å²) < 4.78 is 7.18. The minimum absolute atomic E-state index is 0.0450. The molecule has 0 bridgehead atoms. The van der Waals surface area contributed by atoms with Crippen LogP contribution < -0.4 is 10.6 Å². The maximum absolute atomic E-state index is 12.1. The van der Waals surface area contributed by atoms with E-state index in [4.69, 9.17) is 4.74 Å². The lowest BCUT2D eigenvalue weighted by atomic mass is 10.2. The summed E-state index contributed by atoms with van der Waals surface area (Å²) in [6.07, 6.45) is 8.05. The van der Waals surface area contributed by atoms with E-state index in [1.807, 2.05) is 0 Å². The fourth-order valence-corrected chi connectivity index (χ4v) is 2.88. The highest BCUT2D eigenvalue weighted by molar-refractivity contribution is 5.92. The summed E-state index contributed by atoms with van der Waals surface area (Å²) >= 11 is 0. The van der Waals surface area contributed by atoms with Crippen molar-refractivity contribution >= 4 is 17.7 Å². The lowest BCUT2D eigenvalue weighted by Gasteiger charge is -2.12. The molecule has 1 fully saturated rings. The van der Waals surface area contributed by atoms with Gasteiger partial charge in [0.1, 0.15) is 18.8 Å². The predicted octanol–water partition coefficient (Wildman–Crippen LogP) is 2.59. The van der Waals surface area contributed by atoms with Gasteiger partial charge in [0.05, 0.1) is 5.56 Å². The molecule has 1 aliphatic rings. The highest BCUT2D eigenvalue weighted by Crippen LogP contribution is 2.22. The van der Waals surface area contributed by atoms with Crippen molar-refractivity contribution < 1.29 is 14.3 Å². The number of rotatable bonds is 7. The van der Waals surface area contributed by atoms with Crippen molar-refractivity contribution in [2.24, 2.45) is 0 Å². The molecule has 138 valence electrons. The van der Waals surface area contributed by atoms with Crippen LogP contribution in [0.5, 0.6) is 0 Å². The Bertz CT molecular complexity index is 709. The molecule has 2 amide bonds. The van der Waals surface area contributed by atoms with Crippen LogP contribution in [-0.4, -0.2) is 39.4 Å². The van der Waals surface area contributed by atoms with Crippen molar-refractivity contribution in [3.63, 3.8) is 0 Å². The molecule has 2 aromatic rings. The van der Waals surface area contributed by atoms with Crippen LogP contribution in [0.15, 0.2) is 36.9 Å². The standard InChI is InChI=1S/C18H23N5O3/c24-17(26-16-4-1-2-5-16)14-6-8-15(9-7-14)22-18(25)20-10-3-11-23-13-19-12-21-23/h6-9,12-13,16H,1-5,10-11H2,(H2,20,22,25). The SMILES string of the molecule is O=C(NCCCn1cncn1)Nc1ccc(C(=O)OC2CCCC2)cc1. The van der Waals surface area contributed by atoms with Gasteiger partial charge in [-0.05, 0) is 56.4 Å². The first kappa shape index (κ1) is 17.9. The molecular weight excluding hydrogens is 334 g/mol. The Hall–Kier alpha value is -2.90. The number of benzene rings is 1. The molecule has 3 rings (SSSR count). The van der Waals surface area contributed by atoms with Crippen molar-refractivity contribution in [1.29, 1.82) is 0 Å². The van der Waals surface area contributed by atoms with Gasteiger partial charge in [-0.2, -0.15) is 5.10 Å². The first-order valence-corrected chi connectivity index (χ1v) is 8.89. The minimum atomic E-state index is -0.305. The van der Waals surface area contributed by atoms with Gasteiger partial charge in [0.2, 0.25) is 0 Å². The number of urea groups is 1. The zero-order valence-electron chi connectivity index (χ0n) is 14.6. The molecule has 26 heavy (non-hydrogen) atoms. The normalized spacial score (nSPS) is 14.2. The van der Waals surface area contributed by atoms with E-state index in [1.54, 1.807) is 35.3 Å². The van der Waals surface area contributed by atoms with Crippen LogP contribution in [0.1, 0.15) is 42.5 Å². The quantitative estimate of drug-likeness (QED) is 0.586. The Morgan fingerprint density at radius 1 is 1.19 bits per heavy atom. The lowest BCUT2D eigenvalue weighted by molar-refractivity contribution is 0.0318. The molecule has 1 aliphatic carbocycles. The minimum Gasteiger partial charge on any atom is -0.459 e. The largest absolute Gasteiger partial charge is 0.459 e. The first-order chi connectivity index (χ1) is 12.7. The molecule has 8 nitrogen and oxygen atoms in total.